The van der Waals surface area contributed by atoms with Gasteiger partial charge in [0.1, 0.15) is 11.9 Å². The smallest absolute Gasteiger partial charge is 0.231 e. The number of hydrogen-bond acceptors (Lipinski definition) is 4. The van der Waals surface area contributed by atoms with Gasteiger partial charge in [-0.1, -0.05) is 54.1 Å². The fraction of sp³-hybridized carbons (Fsp3) is 0.280. The molecule has 1 atom stereocenters. The van der Waals surface area contributed by atoms with Gasteiger partial charge in [0.2, 0.25) is 6.79 Å². The Morgan fingerprint density at radius 3 is 2.63 bits per heavy atom. The third kappa shape index (κ3) is 5.07. The maximum Gasteiger partial charge on any atom is 0.231 e. The van der Waals surface area contributed by atoms with Gasteiger partial charge in [-0.3, -0.25) is 0 Å². The van der Waals surface area contributed by atoms with Crippen LogP contribution >= 0.6 is 11.6 Å². The Kier molecular flexibility index (Phi) is 6.46. The second-order valence-electron chi connectivity index (χ2n) is 7.67. The molecule has 4 nitrogen and oxygen atoms in total. The standard InChI is InChI=1S/C25H26ClNO3/c1-18-8-10-21(26)24(14-18)30-22(20-9-11-23-25(15-20)29-17-28-23)12-13-27(2)16-19-6-4-3-5-7-19/h3-11,14-15,22H,12-13,16-17H2,1-2H3. The quantitative estimate of drug-likeness (QED) is 0.443. The average Bonchev–Trinajstić information content (AvgIpc) is 3.22. The number of fused-ring (bicyclic) bond motifs is 1. The predicted molar refractivity (Wildman–Crippen MR) is 120 cm³/mol. The highest BCUT2D eigenvalue weighted by Gasteiger charge is 2.21. The zero-order valence-corrected chi connectivity index (χ0v) is 18.1. The summed E-state index contributed by atoms with van der Waals surface area (Å²) in [5.74, 6) is 2.23. The molecule has 3 aromatic rings. The number of nitrogens with zero attached hydrogens (tertiary/aromatic N) is 1. The molecule has 0 spiro atoms. The summed E-state index contributed by atoms with van der Waals surface area (Å²) in [7, 11) is 2.13. The van der Waals surface area contributed by atoms with Crippen LogP contribution in [0, 0.1) is 6.92 Å². The van der Waals surface area contributed by atoms with E-state index in [1.165, 1.54) is 5.56 Å². The summed E-state index contributed by atoms with van der Waals surface area (Å²) >= 11 is 6.41. The molecule has 0 amide bonds. The van der Waals surface area contributed by atoms with Crippen LogP contribution in [0.4, 0.5) is 0 Å². The molecule has 0 N–H and O–H groups in total. The van der Waals surface area contributed by atoms with Crippen LogP contribution in [0.15, 0.2) is 66.7 Å². The van der Waals surface area contributed by atoms with E-state index in [1.807, 2.05) is 49.4 Å². The molecule has 0 fully saturated rings. The van der Waals surface area contributed by atoms with Gasteiger partial charge in [-0.25, -0.2) is 0 Å². The van der Waals surface area contributed by atoms with Crippen molar-refractivity contribution in [3.8, 4) is 17.2 Å². The van der Waals surface area contributed by atoms with Gasteiger partial charge in [0.15, 0.2) is 11.5 Å². The van der Waals surface area contributed by atoms with Crippen molar-refractivity contribution in [1.82, 2.24) is 4.90 Å². The molecule has 5 heteroatoms. The van der Waals surface area contributed by atoms with Gasteiger partial charge in [-0.2, -0.15) is 0 Å². The molecule has 0 aliphatic carbocycles. The highest BCUT2D eigenvalue weighted by molar-refractivity contribution is 6.32. The average molecular weight is 424 g/mol. The lowest BCUT2D eigenvalue weighted by Gasteiger charge is -2.24. The van der Waals surface area contributed by atoms with Crippen molar-refractivity contribution in [3.05, 3.63) is 88.4 Å². The molecule has 30 heavy (non-hydrogen) atoms. The topological polar surface area (TPSA) is 30.9 Å². The highest BCUT2D eigenvalue weighted by atomic mass is 35.5. The third-order valence-electron chi connectivity index (χ3n) is 5.19. The first-order valence-electron chi connectivity index (χ1n) is 10.1. The summed E-state index contributed by atoms with van der Waals surface area (Å²) in [6.45, 7) is 4.05. The minimum Gasteiger partial charge on any atom is -0.484 e. The second-order valence-corrected chi connectivity index (χ2v) is 8.07. The van der Waals surface area contributed by atoms with Crippen LogP contribution in [-0.2, 0) is 6.54 Å². The van der Waals surface area contributed by atoms with Crippen LogP contribution in [-0.4, -0.2) is 25.3 Å². The molecule has 0 saturated carbocycles. The van der Waals surface area contributed by atoms with E-state index in [0.717, 1.165) is 42.1 Å². The lowest BCUT2D eigenvalue weighted by atomic mass is 10.0. The van der Waals surface area contributed by atoms with Crippen molar-refractivity contribution in [1.29, 1.82) is 0 Å². The molecule has 1 heterocycles. The van der Waals surface area contributed by atoms with Crippen molar-refractivity contribution in [2.24, 2.45) is 0 Å². The monoisotopic (exact) mass is 423 g/mol. The molecule has 0 saturated heterocycles. The highest BCUT2D eigenvalue weighted by Crippen LogP contribution is 2.37. The van der Waals surface area contributed by atoms with Gasteiger partial charge in [-0.05, 0) is 54.9 Å². The molecule has 4 rings (SSSR count). The summed E-state index contributed by atoms with van der Waals surface area (Å²) in [4.78, 5) is 2.30. The van der Waals surface area contributed by atoms with Crippen LogP contribution in [0.3, 0.4) is 0 Å². The number of rotatable bonds is 8. The Bertz CT molecular complexity index is 993. The summed E-state index contributed by atoms with van der Waals surface area (Å²) in [6.07, 6.45) is 0.657. The normalized spacial score (nSPS) is 13.5. The lowest BCUT2D eigenvalue weighted by molar-refractivity contribution is 0.168. The second kappa shape index (κ2) is 9.41. The van der Waals surface area contributed by atoms with E-state index in [1.54, 1.807) is 0 Å². The molecule has 0 radical (unpaired) electrons. The van der Waals surface area contributed by atoms with E-state index < -0.39 is 0 Å². The molecular formula is C25H26ClNO3. The fourth-order valence-electron chi connectivity index (χ4n) is 3.57. The minimum atomic E-state index is -0.156. The van der Waals surface area contributed by atoms with E-state index in [-0.39, 0.29) is 12.9 Å². The van der Waals surface area contributed by atoms with Crippen molar-refractivity contribution in [2.75, 3.05) is 20.4 Å². The van der Waals surface area contributed by atoms with E-state index >= 15 is 0 Å². The largest absolute Gasteiger partial charge is 0.484 e. The molecule has 1 unspecified atom stereocenters. The number of hydrogen-bond donors (Lipinski definition) is 0. The lowest BCUT2D eigenvalue weighted by Crippen LogP contribution is -2.22. The number of ether oxygens (including phenoxy) is 3. The van der Waals surface area contributed by atoms with Crippen LogP contribution in [0.5, 0.6) is 17.2 Å². The Labute approximate surface area is 182 Å². The summed E-state index contributed by atoms with van der Waals surface area (Å²) in [5, 5.41) is 0.615. The van der Waals surface area contributed by atoms with Crippen LogP contribution in [0.1, 0.15) is 29.2 Å². The molecule has 3 aromatic carbocycles. The van der Waals surface area contributed by atoms with Crippen molar-refractivity contribution >= 4 is 11.6 Å². The predicted octanol–water partition coefficient (Wildman–Crippen LogP) is 6.02. The third-order valence-corrected chi connectivity index (χ3v) is 5.50. The zero-order valence-electron chi connectivity index (χ0n) is 17.3. The van der Waals surface area contributed by atoms with Crippen molar-refractivity contribution in [2.45, 2.75) is 26.0 Å². The maximum absolute atomic E-state index is 6.42. The van der Waals surface area contributed by atoms with Gasteiger partial charge in [-0.15, -0.1) is 0 Å². The Hall–Kier alpha value is -2.69. The zero-order chi connectivity index (χ0) is 20.9. The van der Waals surface area contributed by atoms with E-state index in [9.17, 15) is 0 Å². The molecule has 1 aliphatic heterocycles. The molecule has 0 aromatic heterocycles. The summed E-state index contributed by atoms with van der Waals surface area (Å²) in [5.41, 5.74) is 3.45. The fourth-order valence-corrected chi connectivity index (χ4v) is 3.74. The van der Waals surface area contributed by atoms with Gasteiger partial charge in [0.25, 0.3) is 0 Å². The molecule has 1 aliphatic rings. The first-order chi connectivity index (χ1) is 14.6. The first-order valence-corrected chi connectivity index (χ1v) is 10.5. The van der Waals surface area contributed by atoms with Crippen LogP contribution in [0.2, 0.25) is 5.02 Å². The summed E-state index contributed by atoms with van der Waals surface area (Å²) in [6, 6.07) is 22.3. The Balaban J connectivity index is 1.51. The SMILES string of the molecule is Cc1ccc(Cl)c(OC(CCN(C)Cc2ccccc2)c2ccc3c(c2)OCO3)c1. The van der Waals surface area contributed by atoms with Gasteiger partial charge >= 0.3 is 0 Å². The maximum atomic E-state index is 6.42. The van der Waals surface area contributed by atoms with E-state index in [0.29, 0.717) is 10.8 Å². The van der Waals surface area contributed by atoms with Gasteiger partial charge in [0.05, 0.1) is 5.02 Å². The van der Waals surface area contributed by atoms with Gasteiger partial charge in [0, 0.05) is 19.5 Å². The molecule has 0 bridgehead atoms. The Morgan fingerprint density at radius 2 is 1.80 bits per heavy atom. The van der Waals surface area contributed by atoms with Gasteiger partial charge < -0.3 is 19.1 Å². The van der Waals surface area contributed by atoms with Crippen molar-refractivity contribution < 1.29 is 14.2 Å². The number of aryl methyl sites for hydroxylation is 1. The van der Waals surface area contributed by atoms with Crippen molar-refractivity contribution in [3.63, 3.8) is 0 Å². The molecule has 156 valence electrons. The molecular weight excluding hydrogens is 398 g/mol. The van der Waals surface area contributed by atoms with E-state index in [2.05, 4.69) is 36.2 Å². The number of halogens is 1. The Morgan fingerprint density at radius 1 is 1.00 bits per heavy atom. The van der Waals surface area contributed by atoms with E-state index in [4.69, 9.17) is 25.8 Å². The summed E-state index contributed by atoms with van der Waals surface area (Å²) < 4.78 is 17.4. The number of benzene rings is 3. The van der Waals surface area contributed by atoms with Crippen LogP contribution < -0.4 is 14.2 Å². The first kappa shape index (κ1) is 20.6. The van der Waals surface area contributed by atoms with Crippen LogP contribution in [0.25, 0.3) is 0 Å². The minimum absolute atomic E-state index is 0.156.